The van der Waals surface area contributed by atoms with Gasteiger partial charge in [-0.3, -0.25) is 4.79 Å². The maximum atomic E-state index is 12.0. The second-order valence-corrected chi connectivity index (χ2v) is 5.40. The minimum absolute atomic E-state index is 0.00583. The van der Waals surface area contributed by atoms with Gasteiger partial charge in [0.2, 0.25) is 5.91 Å². The van der Waals surface area contributed by atoms with Gasteiger partial charge in [-0.25, -0.2) is 0 Å². The zero-order valence-electron chi connectivity index (χ0n) is 11.2. The Hall–Kier alpha value is -1.55. The monoisotopic (exact) mass is 328 g/mol. The third kappa shape index (κ3) is 4.56. The van der Waals surface area contributed by atoms with Crippen molar-refractivity contribution in [3.05, 3.63) is 10.2 Å². The summed E-state index contributed by atoms with van der Waals surface area (Å²) in [4.78, 5) is 12.0. The predicted molar refractivity (Wildman–Crippen MR) is 74.4 cm³/mol. The van der Waals surface area contributed by atoms with Crippen LogP contribution in [-0.4, -0.2) is 23.7 Å². The average Bonchev–Trinajstić information content (AvgIpc) is 2.66. The topological polar surface area (TPSA) is 90.9 Å². The minimum Gasteiger partial charge on any atom is -0.358 e. The first-order valence-corrected chi connectivity index (χ1v) is 6.78. The normalized spacial score (nSPS) is 12.0. The highest BCUT2D eigenvalue weighted by Gasteiger charge is 2.22. The zero-order chi connectivity index (χ0) is 14.4. The molecule has 1 rings (SSSR count). The molecule has 0 aliphatic rings. The van der Waals surface area contributed by atoms with Crippen LogP contribution in [0.15, 0.2) is 9.00 Å². The molecule has 1 aromatic heterocycles. The number of hydrogen-bond donors (Lipinski definition) is 2. The second-order valence-electron chi connectivity index (χ2n) is 4.60. The van der Waals surface area contributed by atoms with E-state index >= 15 is 0 Å². The fraction of sp³-hybridized carbons (Fsp3) is 0.583. The molecule has 2 N–H and O–H groups in total. The molecule has 1 aromatic rings. The van der Waals surface area contributed by atoms with E-state index in [1.807, 2.05) is 19.9 Å². The summed E-state index contributed by atoms with van der Waals surface area (Å²) < 4.78 is 5.72. The lowest BCUT2D eigenvalue weighted by atomic mass is 10.0. The van der Waals surface area contributed by atoms with Crippen molar-refractivity contribution in [1.29, 1.82) is 5.26 Å². The van der Waals surface area contributed by atoms with Crippen LogP contribution in [0.3, 0.4) is 0 Å². The summed E-state index contributed by atoms with van der Waals surface area (Å²) in [6.45, 7) is 5.81. The lowest BCUT2D eigenvalue weighted by molar-refractivity contribution is -0.121. The molecule has 0 unspecified atom stereocenters. The Balaban J connectivity index is 2.77. The fourth-order valence-electron chi connectivity index (χ4n) is 1.57. The van der Waals surface area contributed by atoms with E-state index in [0.717, 1.165) is 0 Å². The smallest absolute Gasteiger partial charge is 0.243 e. The maximum Gasteiger partial charge on any atom is 0.243 e. The van der Waals surface area contributed by atoms with E-state index in [0.29, 0.717) is 28.4 Å². The van der Waals surface area contributed by atoms with E-state index in [1.165, 1.54) is 0 Å². The molecular weight excluding hydrogens is 312 g/mol. The molecule has 0 aliphatic carbocycles. The maximum absolute atomic E-state index is 12.0. The lowest BCUT2D eigenvalue weighted by Gasteiger charge is -2.19. The van der Waals surface area contributed by atoms with Crippen molar-refractivity contribution in [3.63, 3.8) is 0 Å². The third-order valence-corrected chi connectivity index (χ3v) is 3.40. The molecule has 0 radical (unpaired) electrons. The molecule has 1 atom stereocenters. The van der Waals surface area contributed by atoms with Crippen LogP contribution in [0.2, 0.25) is 0 Å². The number of aryl methyl sites for hydroxylation is 1. The number of aromatic nitrogens is 1. The van der Waals surface area contributed by atoms with Crippen LogP contribution in [0.5, 0.6) is 0 Å². The number of nitrogens with one attached hydrogen (secondary N) is 2. The number of nitriles is 1. The number of anilines is 1. The molecule has 7 heteroatoms. The van der Waals surface area contributed by atoms with Gasteiger partial charge in [0.25, 0.3) is 0 Å². The van der Waals surface area contributed by atoms with E-state index in [-0.39, 0.29) is 12.5 Å². The van der Waals surface area contributed by atoms with Crippen molar-refractivity contribution in [2.75, 3.05) is 11.9 Å². The number of rotatable bonds is 6. The van der Waals surface area contributed by atoms with E-state index in [1.54, 1.807) is 6.92 Å². The van der Waals surface area contributed by atoms with E-state index in [4.69, 9.17) is 9.78 Å². The first-order valence-electron chi connectivity index (χ1n) is 5.98. The van der Waals surface area contributed by atoms with Crippen molar-refractivity contribution in [1.82, 2.24) is 10.5 Å². The molecule has 6 nitrogen and oxygen atoms in total. The standard InChI is InChI=1S/C12H17BrN4O2/c1-7(2)6-9(12(18)15-5-4-14)16-11-10(13)8(3)19-17-11/h7,9H,5-6H2,1-3H3,(H,15,18)(H,16,17)/t9-/m0/s1. The Labute approximate surface area is 120 Å². The van der Waals surface area contributed by atoms with Gasteiger partial charge in [0.05, 0.1) is 6.07 Å². The molecule has 0 aromatic carbocycles. The number of halogens is 1. The summed E-state index contributed by atoms with van der Waals surface area (Å²) in [5.41, 5.74) is 0. The minimum atomic E-state index is -0.450. The molecule has 0 spiro atoms. The zero-order valence-corrected chi connectivity index (χ0v) is 12.7. The predicted octanol–water partition coefficient (Wildman–Crippen LogP) is 2.21. The van der Waals surface area contributed by atoms with Crippen LogP contribution in [0, 0.1) is 24.2 Å². The largest absolute Gasteiger partial charge is 0.358 e. The summed E-state index contributed by atoms with van der Waals surface area (Å²) in [6.07, 6.45) is 0.635. The molecule has 1 heterocycles. The Kier molecular flexibility index (Phi) is 5.83. The molecule has 1 amide bonds. The van der Waals surface area contributed by atoms with Gasteiger partial charge in [-0.1, -0.05) is 19.0 Å². The summed E-state index contributed by atoms with van der Waals surface area (Å²) in [5.74, 6) is 1.25. The van der Waals surface area contributed by atoms with Crippen molar-refractivity contribution in [2.45, 2.75) is 33.2 Å². The van der Waals surface area contributed by atoms with Crippen molar-refractivity contribution >= 4 is 27.7 Å². The van der Waals surface area contributed by atoms with Crippen LogP contribution >= 0.6 is 15.9 Å². The van der Waals surface area contributed by atoms with Crippen LogP contribution in [0.4, 0.5) is 5.82 Å². The van der Waals surface area contributed by atoms with Crippen LogP contribution < -0.4 is 10.6 Å². The van der Waals surface area contributed by atoms with Crippen LogP contribution in [-0.2, 0) is 4.79 Å². The van der Waals surface area contributed by atoms with Crippen molar-refractivity contribution in [3.8, 4) is 6.07 Å². The van der Waals surface area contributed by atoms with Crippen molar-refractivity contribution < 1.29 is 9.32 Å². The Bertz CT molecular complexity index is 479. The van der Waals surface area contributed by atoms with E-state index in [2.05, 4.69) is 31.7 Å². The average molecular weight is 329 g/mol. The number of amides is 1. The van der Waals surface area contributed by atoms with Gasteiger partial charge in [0.15, 0.2) is 5.82 Å². The van der Waals surface area contributed by atoms with Gasteiger partial charge in [-0.15, -0.1) is 0 Å². The highest BCUT2D eigenvalue weighted by molar-refractivity contribution is 9.10. The Morgan fingerprint density at radius 2 is 2.26 bits per heavy atom. The van der Waals surface area contributed by atoms with Gasteiger partial charge < -0.3 is 15.2 Å². The summed E-state index contributed by atoms with van der Waals surface area (Å²) in [6, 6.07) is 1.43. The number of carbonyl (C=O) groups excluding carboxylic acids is 1. The SMILES string of the molecule is Cc1onc(N[C@@H](CC(C)C)C(=O)NCC#N)c1Br. The summed E-state index contributed by atoms with van der Waals surface area (Å²) >= 11 is 3.34. The van der Waals surface area contributed by atoms with Gasteiger partial charge in [-0.2, -0.15) is 5.26 Å². The first-order chi connectivity index (χ1) is 8.95. The Morgan fingerprint density at radius 1 is 1.58 bits per heavy atom. The van der Waals surface area contributed by atoms with Crippen LogP contribution in [0.1, 0.15) is 26.0 Å². The number of nitrogens with zero attached hydrogens (tertiary/aromatic N) is 2. The highest BCUT2D eigenvalue weighted by atomic mass is 79.9. The molecule has 19 heavy (non-hydrogen) atoms. The van der Waals surface area contributed by atoms with Crippen molar-refractivity contribution in [2.24, 2.45) is 5.92 Å². The molecule has 0 saturated carbocycles. The number of hydrogen-bond acceptors (Lipinski definition) is 5. The van der Waals surface area contributed by atoms with Gasteiger partial charge in [0.1, 0.15) is 22.8 Å². The molecule has 0 saturated heterocycles. The quantitative estimate of drug-likeness (QED) is 0.781. The molecule has 0 bridgehead atoms. The van der Waals surface area contributed by atoms with E-state index < -0.39 is 6.04 Å². The summed E-state index contributed by atoms with van der Waals surface area (Å²) in [7, 11) is 0. The number of carbonyl (C=O) groups is 1. The fourth-order valence-corrected chi connectivity index (χ4v) is 1.83. The summed E-state index contributed by atoms with van der Waals surface area (Å²) in [5, 5.41) is 17.9. The van der Waals surface area contributed by atoms with Crippen LogP contribution in [0.25, 0.3) is 0 Å². The van der Waals surface area contributed by atoms with E-state index in [9.17, 15) is 4.79 Å². The molecule has 104 valence electrons. The van der Waals surface area contributed by atoms with Gasteiger partial charge >= 0.3 is 0 Å². The Morgan fingerprint density at radius 3 is 2.74 bits per heavy atom. The molecule has 0 aliphatic heterocycles. The van der Waals surface area contributed by atoms with Gasteiger partial charge in [-0.05, 0) is 35.2 Å². The van der Waals surface area contributed by atoms with Gasteiger partial charge in [0, 0.05) is 0 Å². The highest BCUT2D eigenvalue weighted by Crippen LogP contribution is 2.26. The lowest BCUT2D eigenvalue weighted by Crippen LogP contribution is -2.40. The second kappa shape index (κ2) is 7.14. The molecule has 0 fully saturated rings. The molecular formula is C12H17BrN4O2. The first kappa shape index (κ1) is 15.5. The third-order valence-electron chi connectivity index (χ3n) is 2.47.